The fraction of sp³-hybridized carbons (Fsp3) is 0.909. The second kappa shape index (κ2) is 3.54. The zero-order valence-corrected chi connectivity index (χ0v) is 8.83. The van der Waals surface area contributed by atoms with Gasteiger partial charge in [-0.1, -0.05) is 12.8 Å². The summed E-state index contributed by atoms with van der Waals surface area (Å²) >= 11 is 0. The Balaban J connectivity index is 2.18. The van der Waals surface area contributed by atoms with E-state index in [0.29, 0.717) is 0 Å². The van der Waals surface area contributed by atoms with E-state index < -0.39 is 5.60 Å². The van der Waals surface area contributed by atoms with Crippen molar-refractivity contribution < 1.29 is 9.90 Å². The minimum absolute atomic E-state index is 0.0995. The average molecular weight is 197 g/mol. The number of likely N-dealkylation sites (tertiary alicyclic amines) is 1. The van der Waals surface area contributed by atoms with Crippen molar-refractivity contribution in [2.75, 3.05) is 6.54 Å². The zero-order chi connectivity index (χ0) is 10.2. The summed E-state index contributed by atoms with van der Waals surface area (Å²) in [6, 6.07) is 0.0995. The van der Waals surface area contributed by atoms with E-state index in [2.05, 4.69) is 0 Å². The van der Waals surface area contributed by atoms with Crippen molar-refractivity contribution in [3.8, 4) is 0 Å². The van der Waals surface area contributed by atoms with E-state index in [0.717, 1.165) is 45.1 Å². The highest BCUT2D eigenvalue weighted by Crippen LogP contribution is 2.38. The van der Waals surface area contributed by atoms with Gasteiger partial charge in [0.25, 0.3) is 0 Å². The molecule has 2 unspecified atom stereocenters. The zero-order valence-electron chi connectivity index (χ0n) is 8.83. The molecule has 0 aromatic heterocycles. The molecule has 0 aromatic rings. The van der Waals surface area contributed by atoms with Gasteiger partial charge in [-0.3, -0.25) is 4.79 Å². The number of amides is 1. The van der Waals surface area contributed by atoms with Crippen LogP contribution in [0.25, 0.3) is 0 Å². The van der Waals surface area contributed by atoms with Gasteiger partial charge in [-0.25, -0.2) is 0 Å². The average Bonchev–Trinajstić information content (AvgIpc) is 2.15. The van der Waals surface area contributed by atoms with Gasteiger partial charge in [0, 0.05) is 13.5 Å². The van der Waals surface area contributed by atoms with E-state index in [4.69, 9.17) is 0 Å². The molecule has 1 amide bonds. The second-order valence-corrected chi connectivity index (χ2v) is 4.68. The summed E-state index contributed by atoms with van der Waals surface area (Å²) in [6.45, 7) is 2.45. The van der Waals surface area contributed by atoms with E-state index in [1.807, 2.05) is 4.90 Å². The minimum atomic E-state index is -0.567. The largest absolute Gasteiger partial charge is 0.388 e. The molecule has 1 saturated carbocycles. The second-order valence-electron chi connectivity index (χ2n) is 4.68. The van der Waals surface area contributed by atoms with Crippen LogP contribution < -0.4 is 0 Å². The molecule has 0 spiro atoms. The van der Waals surface area contributed by atoms with E-state index in [1.165, 1.54) is 0 Å². The monoisotopic (exact) mass is 197 g/mol. The van der Waals surface area contributed by atoms with Crippen LogP contribution in [0.5, 0.6) is 0 Å². The Kier molecular flexibility index (Phi) is 2.52. The van der Waals surface area contributed by atoms with Crippen LogP contribution >= 0.6 is 0 Å². The van der Waals surface area contributed by atoms with Crippen LogP contribution in [-0.2, 0) is 4.79 Å². The summed E-state index contributed by atoms with van der Waals surface area (Å²) in [5.74, 6) is 0.120. The third-order valence-corrected chi connectivity index (χ3v) is 3.75. The Morgan fingerprint density at radius 1 is 1.36 bits per heavy atom. The fourth-order valence-corrected chi connectivity index (χ4v) is 3.03. The molecule has 0 aromatic carbocycles. The molecule has 3 nitrogen and oxygen atoms in total. The highest BCUT2D eigenvalue weighted by atomic mass is 16.3. The Morgan fingerprint density at radius 3 is 2.79 bits per heavy atom. The van der Waals surface area contributed by atoms with Crippen LogP contribution in [0.2, 0.25) is 0 Å². The van der Waals surface area contributed by atoms with Crippen LogP contribution in [0.15, 0.2) is 0 Å². The van der Waals surface area contributed by atoms with Crippen molar-refractivity contribution in [3.63, 3.8) is 0 Å². The molecule has 2 rings (SSSR count). The molecule has 0 bridgehead atoms. The first-order valence-electron chi connectivity index (χ1n) is 5.63. The molecule has 80 valence electrons. The SMILES string of the molecule is CC(=O)N1CCCC2(O)CCCCC12. The molecular weight excluding hydrogens is 178 g/mol. The molecule has 0 radical (unpaired) electrons. The summed E-state index contributed by atoms with van der Waals surface area (Å²) in [6.07, 6.45) is 5.95. The topological polar surface area (TPSA) is 40.5 Å². The molecule has 1 aliphatic carbocycles. The number of rotatable bonds is 0. The van der Waals surface area contributed by atoms with Crippen molar-refractivity contribution in [1.82, 2.24) is 4.90 Å². The van der Waals surface area contributed by atoms with Crippen LogP contribution in [0.1, 0.15) is 45.4 Å². The molecule has 1 heterocycles. The van der Waals surface area contributed by atoms with Crippen LogP contribution in [0.3, 0.4) is 0 Å². The number of hydrogen-bond donors (Lipinski definition) is 1. The predicted molar refractivity (Wildman–Crippen MR) is 53.8 cm³/mol. The third kappa shape index (κ3) is 1.54. The Morgan fingerprint density at radius 2 is 2.07 bits per heavy atom. The fourth-order valence-electron chi connectivity index (χ4n) is 3.03. The van der Waals surface area contributed by atoms with Crippen molar-refractivity contribution in [2.24, 2.45) is 0 Å². The standard InChI is InChI=1S/C11H19NO2/c1-9(13)12-8-4-7-11(14)6-3-2-5-10(11)12/h10,14H,2-8H2,1H3. The van der Waals surface area contributed by atoms with Crippen LogP contribution in [-0.4, -0.2) is 34.1 Å². The van der Waals surface area contributed by atoms with Gasteiger partial charge in [0.1, 0.15) is 0 Å². The van der Waals surface area contributed by atoms with Gasteiger partial charge in [-0.05, 0) is 25.7 Å². The summed E-state index contributed by atoms with van der Waals surface area (Å²) in [4.78, 5) is 13.3. The Labute approximate surface area is 85.1 Å². The van der Waals surface area contributed by atoms with Crippen molar-refractivity contribution in [1.29, 1.82) is 0 Å². The maximum atomic E-state index is 11.4. The molecule has 1 N–H and O–H groups in total. The molecule has 2 atom stereocenters. The van der Waals surface area contributed by atoms with E-state index in [-0.39, 0.29) is 11.9 Å². The van der Waals surface area contributed by atoms with Gasteiger partial charge >= 0.3 is 0 Å². The maximum absolute atomic E-state index is 11.4. The molecular formula is C11H19NO2. The highest BCUT2D eigenvalue weighted by Gasteiger charge is 2.45. The van der Waals surface area contributed by atoms with Gasteiger partial charge < -0.3 is 10.0 Å². The molecule has 14 heavy (non-hydrogen) atoms. The van der Waals surface area contributed by atoms with Crippen molar-refractivity contribution in [3.05, 3.63) is 0 Å². The number of carbonyl (C=O) groups excluding carboxylic acids is 1. The van der Waals surface area contributed by atoms with E-state index >= 15 is 0 Å². The van der Waals surface area contributed by atoms with Gasteiger partial charge in [-0.15, -0.1) is 0 Å². The number of carbonyl (C=O) groups is 1. The molecule has 1 aliphatic heterocycles. The number of aliphatic hydroxyl groups is 1. The number of piperidine rings is 1. The lowest BCUT2D eigenvalue weighted by molar-refractivity contribution is -0.150. The third-order valence-electron chi connectivity index (χ3n) is 3.75. The van der Waals surface area contributed by atoms with Crippen LogP contribution in [0, 0.1) is 0 Å². The van der Waals surface area contributed by atoms with Gasteiger partial charge in [-0.2, -0.15) is 0 Å². The Bertz CT molecular complexity index is 237. The number of hydrogen-bond acceptors (Lipinski definition) is 2. The predicted octanol–water partition coefficient (Wildman–Crippen LogP) is 1.30. The number of fused-ring (bicyclic) bond motifs is 1. The summed E-state index contributed by atoms with van der Waals surface area (Å²) in [5.41, 5.74) is -0.567. The van der Waals surface area contributed by atoms with E-state index in [1.54, 1.807) is 6.92 Å². The molecule has 2 fully saturated rings. The summed E-state index contributed by atoms with van der Waals surface area (Å²) in [5, 5.41) is 10.4. The first-order chi connectivity index (χ1) is 6.63. The number of nitrogens with zero attached hydrogens (tertiary/aromatic N) is 1. The summed E-state index contributed by atoms with van der Waals surface area (Å²) in [7, 11) is 0. The van der Waals surface area contributed by atoms with Gasteiger partial charge in [0.05, 0.1) is 11.6 Å². The lowest BCUT2D eigenvalue weighted by atomic mass is 9.74. The normalized spacial score (nSPS) is 37.9. The van der Waals surface area contributed by atoms with Crippen molar-refractivity contribution >= 4 is 5.91 Å². The highest BCUT2D eigenvalue weighted by molar-refractivity contribution is 5.74. The minimum Gasteiger partial charge on any atom is -0.388 e. The Hall–Kier alpha value is -0.570. The molecule has 2 aliphatic rings. The van der Waals surface area contributed by atoms with Crippen LogP contribution in [0.4, 0.5) is 0 Å². The lowest BCUT2D eigenvalue weighted by Crippen LogP contribution is -2.59. The van der Waals surface area contributed by atoms with E-state index in [9.17, 15) is 9.90 Å². The lowest BCUT2D eigenvalue weighted by Gasteiger charge is -2.49. The summed E-state index contributed by atoms with van der Waals surface area (Å²) < 4.78 is 0. The van der Waals surface area contributed by atoms with Gasteiger partial charge in [0.2, 0.25) is 5.91 Å². The molecule has 1 saturated heterocycles. The smallest absolute Gasteiger partial charge is 0.219 e. The van der Waals surface area contributed by atoms with Gasteiger partial charge in [0.15, 0.2) is 0 Å². The first-order valence-corrected chi connectivity index (χ1v) is 5.63. The molecule has 3 heteroatoms. The quantitative estimate of drug-likeness (QED) is 0.636. The maximum Gasteiger partial charge on any atom is 0.219 e. The first kappa shape index (κ1) is 9.97. The van der Waals surface area contributed by atoms with Crippen molar-refractivity contribution in [2.45, 2.75) is 57.1 Å².